The summed E-state index contributed by atoms with van der Waals surface area (Å²) in [5, 5.41) is 13.8. The molecule has 1 aliphatic heterocycles. The second-order valence-electron chi connectivity index (χ2n) is 12.0. The van der Waals surface area contributed by atoms with Crippen LogP contribution in [-0.4, -0.2) is 71.2 Å². The number of nitrogens with zero attached hydrogens (tertiary/aromatic N) is 3. The Morgan fingerprint density at radius 2 is 1.76 bits per heavy atom. The van der Waals surface area contributed by atoms with Crippen molar-refractivity contribution in [1.82, 2.24) is 25.5 Å². The summed E-state index contributed by atoms with van der Waals surface area (Å²) in [6, 6.07) is 10.4. The molecule has 46 heavy (non-hydrogen) atoms. The number of amides is 4. The van der Waals surface area contributed by atoms with E-state index in [2.05, 4.69) is 41.5 Å². The average molecular weight is 635 g/mol. The maximum absolute atomic E-state index is 15.1. The number of hydrogen-bond acceptors (Lipinski definition) is 8. The van der Waals surface area contributed by atoms with E-state index in [-0.39, 0.29) is 18.1 Å². The zero-order chi connectivity index (χ0) is 33.1. The van der Waals surface area contributed by atoms with Gasteiger partial charge in [0.15, 0.2) is 0 Å². The maximum Gasteiger partial charge on any atom is 0.413 e. The topological polar surface area (TPSA) is 150 Å². The Morgan fingerprint density at radius 1 is 0.978 bits per heavy atom. The molecule has 0 saturated carbocycles. The van der Waals surface area contributed by atoms with Crippen molar-refractivity contribution in [3.63, 3.8) is 0 Å². The van der Waals surface area contributed by atoms with Crippen molar-refractivity contribution in [2.45, 2.75) is 59.1 Å². The lowest BCUT2D eigenvalue weighted by atomic mass is 10.1. The van der Waals surface area contributed by atoms with Crippen LogP contribution >= 0.6 is 0 Å². The molecule has 4 rings (SSSR count). The maximum atomic E-state index is 15.1. The first-order valence-corrected chi connectivity index (χ1v) is 15.6. The molecule has 0 spiro atoms. The summed E-state index contributed by atoms with van der Waals surface area (Å²) >= 11 is 0. The van der Waals surface area contributed by atoms with Crippen LogP contribution < -0.4 is 26.6 Å². The number of urea groups is 1. The molecule has 0 unspecified atom stereocenters. The van der Waals surface area contributed by atoms with Gasteiger partial charge in [0.05, 0.1) is 16.9 Å². The molecule has 13 heteroatoms. The quantitative estimate of drug-likeness (QED) is 0.183. The van der Waals surface area contributed by atoms with Crippen molar-refractivity contribution in [3.05, 3.63) is 65.6 Å². The minimum absolute atomic E-state index is 0.00658. The molecular formula is C33H43FN8O4. The highest BCUT2D eigenvalue weighted by Crippen LogP contribution is 2.26. The van der Waals surface area contributed by atoms with Crippen LogP contribution in [0.3, 0.4) is 0 Å². The highest BCUT2D eigenvalue weighted by atomic mass is 19.1. The Morgan fingerprint density at radius 3 is 2.43 bits per heavy atom. The third kappa shape index (κ3) is 10.4. The van der Waals surface area contributed by atoms with E-state index in [0.29, 0.717) is 47.1 Å². The molecule has 1 saturated heterocycles. The highest BCUT2D eigenvalue weighted by molar-refractivity contribution is 5.99. The van der Waals surface area contributed by atoms with Gasteiger partial charge in [-0.2, -0.15) is 0 Å². The van der Waals surface area contributed by atoms with E-state index >= 15 is 4.39 Å². The van der Waals surface area contributed by atoms with Crippen LogP contribution in [0.15, 0.2) is 48.7 Å². The number of nitrogens with one attached hydrogen (secondary N) is 5. The lowest BCUT2D eigenvalue weighted by molar-refractivity contribution is 0.0635. The SMILES string of the molecule is CCNc1nc(-c2ccc(NC(=O)NCc3ccc(NC(=O)OC(C)(C)C)nc3)c(F)c2)ccc1C(=O)NCCN1CCCCC1. The molecular weight excluding hydrogens is 591 g/mol. The fourth-order valence-corrected chi connectivity index (χ4v) is 4.85. The number of rotatable bonds is 11. The van der Waals surface area contributed by atoms with Crippen LogP contribution in [0.5, 0.6) is 0 Å². The molecule has 5 N–H and O–H groups in total. The van der Waals surface area contributed by atoms with Gasteiger partial charge in [0.2, 0.25) is 0 Å². The summed E-state index contributed by atoms with van der Waals surface area (Å²) in [5.41, 5.74) is 1.42. The molecule has 0 radical (unpaired) electrons. The molecule has 0 atom stereocenters. The lowest BCUT2D eigenvalue weighted by Gasteiger charge is -2.26. The number of pyridine rings is 2. The van der Waals surface area contributed by atoms with E-state index in [0.717, 1.165) is 19.6 Å². The summed E-state index contributed by atoms with van der Waals surface area (Å²) in [6.07, 6.45) is 4.54. The predicted molar refractivity (Wildman–Crippen MR) is 176 cm³/mol. The first-order chi connectivity index (χ1) is 22.0. The molecule has 12 nitrogen and oxygen atoms in total. The van der Waals surface area contributed by atoms with Gasteiger partial charge in [0.25, 0.3) is 5.91 Å². The summed E-state index contributed by atoms with van der Waals surface area (Å²) in [4.78, 5) is 48.4. The number of hydrogen-bond donors (Lipinski definition) is 5. The lowest BCUT2D eigenvalue weighted by Crippen LogP contribution is -2.37. The first-order valence-electron chi connectivity index (χ1n) is 15.6. The minimum Gasteiger partial charge on any atom is -0.444 e. The van der Waals surface area contributed by atoms with E-state index < -0.39 is 23.5 Å². The Bertz CT molecular complexity index is 1500. The van der Waals surface area contributed by atoms with Gasteiger partial charge in [-0.3, -0.25) is 10.1 Å². The number of carbonyl (C=O) groups excluding carboxylic acids is 3. The number of anilines is 3. The molecule has 0 aliphatic carbocycles. The monoisotopic (exact) mass is 634 g/mol. The molecule has 3 aromatic rings. The summed E-state index contributed by atoms with van der Waals surface area (Å²) in [5.74, 6) is -0.135. The summed E-state index contributed by atoms with van der Waals surface area (Å²) in [7, 11) is 0. The van der Waals surface area contributed by atoms with Crippen LogP contribution in [0.4, 0.5) is 31.3 Å². The van der Waals surface area contributed by atoms with Crippen LogP contribution in [0.1, 0.15) is 62.9 Å². The third-order valence-corrected chi connectivity index (χ3v) is 7.07. The molecule has 3 heterocycles. The summed E-state index contributed by atoms with van der Waals surface area (Å²) in [6.45, 7) is 11.4. The Hall–Kier alpha value is -4.78. The summed E-state index contributed by atoms with van der Waals surface area (Å²) < 4.78 is 20.2. The largest absolute Gasteiger partial charge is 0.444 e. The van der Waals surface area contributed by atoms with Crippen LogP contribution in [0, 0.1) is 5.82 Å². The van der Waals surface area contributed by atoms with Crippen LogP contribution in [0.2, 0.25) is 0 Å². The van der Waals surface area contributed by atoms with Crippen molar-refractivity contribution in [3.8, 4) is 11.3 Å². The zero-order valence-electron chi connectivity index (χ0n) is 26.8. The minimum atomic E-state index is -0.641. The fourth-order valence-electron chi connectivity index (χ4n) is 4.85. The second kappa shape index (κ2) is 16.0. The standard InChI is InChI=1S/C33H43FN8O4/c1-5-35-29-24(30(43)36-15-18-42-16-7-6-8-17-42)11-13-26(39-29)23-10-12-27(25(34)19-23)40-31(44)38-21-22-9-14-28(37-20-22)41-32(45)46-33(2,3)4/h9-14,19-20H,5-8,15-18,21H2,1-4H3,(H,35,39)(H,36,43)(H,37,41,45)(H2,38,40,44). The molecule has 246 valence electrons. The second-order valence-corrected chi connectivity index (χ2v) is 12.0. The molecule has 0 bridgehead atoms. The van der Waals surface area contributed by atoms with E-state index in [1.54, 1.807) is 51.1 Å². The van der Waals surface area contributed by atoms with Crippen LogP contribution in [-0.2, 0) is 11.3 Å². The van der Waals surface area contributed by atoms with Crippen molar-refractivity contribution < 1.29 is 23.5 Å². The molecule has 2 aromatic heterocycles. The zero-order valence-corrected chi connectivity index (χ0v) is 26.8. The Kier molecular flexibility index (Phi) is 11.8. The van der Waals surface area contributed by atoms with Gasteiger partial charge in [0, 0.05) is 37.9 Å². The molecule has 1 aromatic carbocycles. The van der Waals surface area contributed by atoms with Crippen molar-refractivity contribution in [2.24, 2.45) is 0 Å². The number of likely N-dealkylation sites (tertiary alicyclic amines) is 1. The number of ether oxygens (including phenoxy) is 1. The van der Waals surface area contributed by atoms with Crippen molar-refractivity contribution >= 4 is 35.4 Å². The Labute approximate surface area is 268 Å². The van der Waals surface area contributed by atoms with Gasteiger partial charge < -0.3 is 30.9 Å². The van der Waals surface area contributed by atoms with Crippen molar-refractivity contribution in [2.75, 3.05) is 48.7 Å². The van der Waals surface area contributed by atoms with Gasteiger partial charge in [-0.25, -0.2) is 23.9 Å². The first kappa shape index (κ1) is 34.1. The molecule has 1 aliphatic rings. The number of aromatic nitrogens is 2. The number of halogens is 1. The Balaban J connectivity index is 1.31. The average Bonchev–Trinajstić information content (AvgIpc) is 3.01. The predicted octanol–water partition coefficient (Wildman–Crippen LogP) is 5.60. The van der Waals surface area contributed by atoms with Gasteiger partial charge >= 0.3 is 12.1 Å². The highest BCUT2D eigenvalue weighted by Gasteiger charge is 2.18. The van der Waals surface area contributed by atoms with E-state index in [1.165, 1.54) is 37.6 Å². The normalized spacial score (nSPS) is 13.4. The van der Waals surface area contributed by atoms with E-state index in [9.17, 15) is 14.4 Å². The van der Waals surface area contributed by atoms with Crippen molar-refractivity contribution in [1.29, 1.82) is 0 Å². The third-order valence-electron chi connectivity index (χ3n) is 7.07. The number of carbonyl (C=O) groups is 3. The van der Waals surface area contributed by atoms with Gasteiger partial charge in [-0.15, -0.1) is 0 Å². The van der Waals surface area contributed by atoms with Gasteiger partial charge in [0.1, 0.15) is 23.1 Å². The number of piperidine rings is 1. The van der Waals surface area contributed by atoms with Gasteiger partial charge in [-0.05, 0) is 89.5 Å². The number of benzene rings is 1. The molecule has 4 amide bonds. The molecule has 1 fully saturated rings. The van der Waals surface area contributed by atoms with Crippen LogP contribution in [0.25, 0.3) is 11.3 Å². The van der Waals surface area contributed by atoms with Gasteiger partial charge in [-0.1, -0.05) is 18.6 Å². The van der Waals surface area contributed by atoms with E-state index in [4.69, 9.17) is 4.74 Å². The smallest absolute Gasteiger partial charge is 0.413 e. The van der Waals surface area contributed by atoms with E-state index in [1.807, 2.05) is 6.92 Å². The fraction of sp³-hybridized carbons (Fsp3) is 0.424.